The number of Topliss-reactive ketones (excluding diaryl/α,β-unsaturated/α-hetero) is 1. The van der Waals surface area contributed by atoms with E-state index in [4.69, 9.17) is 9.47 Å². The Kier molecular flexibility index (Phi) is 9.57. The first-order valence-electron chi connectivity index (χ1n) is 15.4. The maximum Gasteiger partial charge on any atom is 0.412 e. The summed E-state index contributed by atoms with van der Waals surface area (Å²) in [6, 6.07) is 7.63. The third kappa shape index (κ3) is 6.88. The lowest BCUT2D eigenvalue weighted by molar-refractivity contribution is -0.138. The van der Waals surface area contributed by atoms with Crippen LogP contribution in [-0.2, 0) is 20.9 Å². The Hall–Kier alpha value is -3.62. The summed E-state index contributed by atoms with van der Waals surface area (Å²) in [5.41, 5.74) is 1.16. The number of thiol groups is 1. The van der Waals surface area contributed by atoms with Crippen LogP contribution in [0, 0.1) is 12.3 Å². The third-order valence-electron chi connectivity index (χ3n) is 8.81. The molecule has 0 unspecified atom stereocenters. The molecule has 0 radical (unpaired) electrons. The number of nitrogens with one attached hydrogen (secondary N) is 2. The summed E-state index contributed by atoms with van der Waals surface area (Å²) >= 11 is 4.55. The molecule has 2 N–H and O–H groups in total. The lowest BCUT2D eigenvalue weighted by Gasteiger charge is -2.27. The summed E-state index contributed by atoms with van der Waals surface area (Å²) < 4.78 is 13.7. The molecule has 1 aromatic carbocycles. The number of benzene rings is 1. The minimum absolute atomic E-state index is 0.167. The number of nitrogens with zero attached hydrogens (tertiary/aromatic N) is 4. The molecule has 3 aromatic rings. The molecule has 3 atom stereocenters. The number of fused-ring (bicyclic) bond motifs is 1. The number of carbonyl (C=O) groups excluding carboxylic acids is 4. The van der Waals surface area contributed by atoms with Crippen LogP contribution in [0.2, 0.25) is 0 Å². The van der Waals surface area contributed by atoms with Gasteiger partial charge in [0, 0.05) is 36.4 Å². The Labute approximate surface area is 278 Å². The standard InChI is InChI=1S/C32H37BrN6O6S/c1-19-6-9-26(33)35-29(19)36-30(42)24-15-32-16-25(32)39(24)27(41)17-38-23-14-21(7-8-22(23)28(37-38)20(2)40)45-31(43)34-10-4-3-5-12-46-13-11-44-18-32/h6-9,13-14,24-25,46H,3-5,10-12,15-18H2,1-2H3,(H,34,43)(H,35,36,42)/t24-,25+,32-/m0/s1. The number of aryl methyl sites for hydroxylation is 1. The van der Waals surface area contributed by atoms with Gasteiger partial charge in [-0.2, -0.15) is 5.10 Å². The maximum atomic E-state index is 14.1. The topological polar surface area (TPSA) is 145 Å². The van der Waals surface area contributed by atoms with Gasteiger partial charge in [0.15, 0.2) is 5.78 Å². The van der Waals surface area contributed by atoms with Crippen molar-refractivity contribution in [3.05, 3.63) is 46.2 Å². The predicted octanol–water partition coefficient (Wildman–Crippen LogP) is 4.26. The molecule has 1 saturated carbocycles. The van der Waals surface area contributed by atoms with Gasteiger partial charge in [0.1, 0.15) is 34.5 Å². The summed E-state index contributed by atoms with van der Waals surface area (Å²) in [7, 11) is 0. The highest BCUT2D eigenvalue weighted by molar-refractivity contribution is 9.10. The third-order valence-corrected chi connectivity index (χ3v) is 10.2. The zero-order valence-electron chi connectivity index (χ0n) is 25.8. The molecule has 2 aromatic heterocycles. The zero-order chi connectivity index (χ0) is 32.4. The highest BCUT2D eigenvalue weighted by Gasteiger charge is 2.67. The Bertz CT molecular complexity index is 1730. The molecule has 6 rings (SSSR count). The number of ether oxygens (including phenoxy) is 2. The number of ketones is 1. The van der Waals surface area contributed by atoms with Gasteiger partial charge in [-0.25, -0.2) is 21.1 Å². The van der Waals surface area contributed by atoms with Crippen LogP contribution < -0.4 is 15.4 Å². The fourth-order valence-electron chi connectivity index (χ4n) is 6.36. The molecule has 3 amide bonds. The Morgan fingerprint density at radius 1 is 1.15 bits per heavy atom. The Morgan fingerprint density at radius 2 is 2.00 bits per heavy atom. The molecule has 1 saturated heterocycles. The largest absolute Gasteiger partial charge is 0.412 e. The van der Waals surface area contributed by atoms with Gasteiger partial charge in [0.25, 0.3) is 0 Å². The molecule has 46 heavy (non-hydrogen) atoms. The lowest BCUT2D eigenvalue weighted by atomic mass is 10.00. The number of hydrogen-bond acceptors (Lipinski definition) is 8. The molecule has 2 fully saturated rings. The van der Waals surface area contributed by atoms with E-state index in [2.05, 4.69) is 42.0 Å². The van der Waals surface area contributed by atoms with Crippen LogP contribution in [0.3, 0.4) is 0 Å². The van der Waals surface area contributed by atoms with Crippen LogP contribution in [-0.4, -0.2) is 86.3 Å². The summed E-state index contributed by atoms with van der Waals surface area (Å²) in [6.45, 7) is 4.50. The smallest absolute Gasteiger partial charge is 0.410 e. The van der Waals surface area contributed by atoms with E-state index in [1.54, 1.807) is 29.2 Å². The number of pyridine rings is 1. The number of halogens is 1. The van der Waals surface area contributed by atoms with Gasteiger partial charge in [-0.05, 0) is 83.4 Å². The molecule has 2 aliphatic heterocycles. The first-order chi connectivity index (χ1) is 22.1. The fraction of sp³-hybridized carbons (Fsp3) is 0.469. The summed E-state index contributed by atoms with van der Waals surface area (Å²) in [6.07, 6.45) is 3.47. The number of aromatic nitrogens is 3. The van der Waals surface area contributed by atoms with Gasteiger partial charge in [0.2, 0.25) is 11.8 Å². The lowest BCUT2D eigenvalue weighted by Crippen LogP contribution is -2.47. The van der Waals surface area contributed by atoms with Gasteiger partial charge in [-0.15, -0.1) is 0 Å². The van der Waals surface area contributed by atoms with Crippen molar-refractivity contribution < 1.29 is 28.7 Å². The van der Waals surface area contributed by atoms with E-state index in [-0.39, 0.29) is 47.0 Å². The van der Waals surface area contributed by atoms with Crippen molar-refractivity contribution in [1.82, 2.24) is 25.0 Å². The van der Waals surface area contributed by atoms with Crippen LogP contribution in [0.1, 0.15) is 55.1 Å². The average Bonchev–Trinajstić information content (AvgIpc) is 3.43. The van der Waals surface area contributed by atoms with E-state index in [9.17, 15) is 19.2 Å². The maximum absolute atomic E-state index is 14.1. The number of piperidine rings is 1. The summed E-state index contributed by atoms with van der Waals surface area (Å²) in [5.74, 6) is 0.810. The zero-order valence-corrected chi connectivity index (χ0v) is 28.2. The highest BCUT2D eigenvalue weighted by Crippen LogP contribution is 2.60. The van der Waals surface area contributed by atoms with Gasteiger partial charge in [-0.3, -0.25) is 19.1 Å². The van der Waals surface area contributed by atoms with Crippen molar-refractivity contribution in [3.63, 3.8) is 0 Å². The first-order valence-corrected chi connectivity index (χ1v) is 17.4. The van der Waals surface area contributed by atoms with Crippen LogP contribution in [0.25, 0.3) is 10.9 Å². The molecular weight excluding hydrogens is 676 g/mol. The van der Waals surface area contributed by atoms with E-state index < -0.39 is 12.1 Å². The first kappa shape index (κ1) is 32.3. The highest BCUT2D eigenvalue weighted by atomic mass is 79.9. The van der Waals surface area contributed by atoms with E-state index >= 15 is 0 Å². The van der Waals surface area contributed by atoms with Crippen molar-refractivity contribution in [2.24, 2.45) is 5.41 Å². The molecule has 244 valence electrons. The summed E-state index contributed by atoms with van der Waals surface area (Å²) in [4.78, 5) is 59.0. The van der Waals surface area contributed by atoms with Crippen molar-refractivity contribution in [3.8, 4) is 5.75 Å². The normalized spacial score (nSPS) is 25.1. The number of carbonyl (C=O) groups is 4. The van der Waals surface area contributed by atoms with E-state index in [1.807, 2.05) is 13.0 Å². The minimum Gasteiger partial charge on any atom is -0.410 e. The van der Waals surface area contributed by atoms with Gasteiger partial charge in [-0.1, -0.05) is 12.5 Å². The van der Waals surface area contributed by atoms with Gasteiger partial charge in [0.05, 0.1) is 18.7 Å². The molecule has 1 aliphatic carbocycles. The monoisotopic (exact) mass is 712 g/mol. The van der Waals surface area contributed by atoms with Crippen molar-refractivity contribution in [2.75, 3.05) is 30.8 Å². The fourth-order valence-corrected chi connectivity index (χ4v) is 7.47. The van der Waals surface area contributed by atoms with Crippen molar-refractivity contribution in [1.29, 1.82) is 0 Å². The Morgan fingerprint density at radius 3 is 2.83 bits per heavy atom. The summed E-state index contributed by atoms with van der Waals surface area (Å²) in [5, 5.41) is 12.8. The quantitative estimate of drug-likeness (QED) is 0.158. The van der Waals surface area contributed by atoms with Crippen LogP contribution in [0.4, 0.5) is 10.6 Å². The molecule has 14 heteroatoms. The minimum atomic E-state index is -0.740. The molecule has 0 spiro atoms. The number of hydrogen-bond donors (Lipinski definition) is 3. The molecule has 12 nitrogen and oxygen atoms in total. The second kappa shape index (κ2) is 13.6. The number of amides is 3. The van der Waals surface area contributed by atoms with Crippen molar-refractivity contribution >= 4 is 73.1 Å². The molecular formula is C32H37BrN6O6S. The molecule has 3 aliphatic rings. The van der Waals surface area contributed by atoms with E-state index in [1.165, 1.54) is 23.0 Å². The van der Waals surface area contributed by atoms with Gasteiger partial charge >= 0.3 is 6.09 Å². The van der Waals surface area contributed by atoms with E-state index in [0.717, 1.165) is 37.0 Å². The van der Waals surface area contributed by atoms with Crippen LogP contribution in [0.15, 0.2) is 34.9 Å². The number of anilines is 1. The van der Waals surface area contributed by atoms with Crippen LogP contribution >= 0.6 is 27.3 Å². The second-order valence-corrected chi connectivity index (χ2v) is 14.1. The van der Waals surface area contributed by atoms with Crippen LogP contribution in [0.5, 0.6) is 5.75 Å². The SMILES string of the molecule is CC(=O)c1nn2c3cc(ccc13)OC(=O)NCCCCC/[SH]=C/COC[C@@]13C[C@@H](C(=O)Nc4nc(Br)ccc4C)N(C(=O)C2)[C@@H]1C3. The van der Waals surface area contributed by atoms with E-state index in [0.29, 0.717) is 47.5 Å². The molecule has 4 bridgehead atoms. The second-order valence-electron chi connectivity index (χ2n) is 12.1. The molecule has 4 heterocycles. The number of rotatable bonds is 3. The van der Waals surface area contributed by atoms with Gasteiger partial charge < -0.3 is 25.0 Å². The Balaban J connectivity index is 1.31. The predicted molar refractivity (Wildman–Crippen MR) is 180 cm³/mol. The average molecular weight is 714 g/mol. The van der Waals surface area contributed by atoms with Crippen molar-refractivity contribution in [2.45, 2.75) is 64.6 Å².